The van der Waals surface area contributed by atoms with Crippen molar-refractivity contribution in [2.45, 2.75) is 28.4 Å². The summed E-state index contributed by atoms with van der Waals surface area (Å²) in [6.07, 6.45) is 0. The lowest BCUT2D eigenvalue weighted by atomic mass is 9.90. The van der Waals surface area contributed by atoms with Gasteiger partial charge in [-0.15, -0.1) is 0 Å². The second kappa shape index (κ2) is 5.89. The molecule has 0 saturated carbocycles. The number of hydrogen-bond acceptors (Lipinski definition) is 0. The van der Waals surface area contributed by atoms with Crippen LogP contribution in [0.2, 0.25) is 0 Å². The first-order chi connectivity index (χ1) is 11.7. The van der Waals surface area contributed by atoms with E-state index in [0.717, 1.165) is 0 Å². The maximum absolute atomic E-state index is 2.42. The molecule has 4 aromatic carbocycles. The van der Waals surface area contributed by atoms with Gasteiger partial charge in [-0.05, 0) is 54.3 Å². The van der Waals surface area contributed by atoms with E-state index >= 15 is 0 Å². The molecule has 0 radical (unpaired) electrons. The first kappa shape index (κ1) is 16.7. The van der Waals surface area contributed by atoms with E-state index in [0.29, 0.717) is 0 Å². The molecule has 1 unspecified atom stereocenters. The molecule has 0 bridgehead atoms. The molecule has 0 aromatic heterocycles. The Morgan fingerprint density at radius 3 is 2.20 bits per heavy atom. The Labute approximate surface area is 162 Å². The third kappa shape index (κ3) is 2.28. The fraction of sp³-hybridized carbons (Fsp3) is 0.130. The molecular weight excluding hydrogens is 388 g/mol. The van der Waals surface area contributed by atoms with Gasteiger partial charge in [0.25, 0.3) is 0 Å². The average Bonchev–Trinajstić information content (AvgIpc) is 2.85. The molecule has 1 aliphatic rings. The molecule has 2 heteroatoms. The van der Waals surface area contributed by atoms with Crippen LogP contribution in [-0.4, -0.2) is 0 Å². The minimum atomic E-state index is 0. The maximum Gasteiger partial charge on any atom is 0.169 e. The highest BCUT2D eigenvalue weighted by Gasteiger charge is 2.52. The molecule has 0 N–H and O–H groups in total. The molecule has 124 valence electrons. The molecule has 0 spiro atoms. The van der Waals surface area contributed by atoms with E-state index in [4.69, 9.17) is 0 Å². The van der Waals surface area contributed by atoms with Crippen molar-refractivity contribution in [1.82, 2.24) is 0 Å². The molecule has 0 amide bonds. The summed E-state index contributed by atoms with van der Waals surface area (Å²) in [7, 11) is 0.0595. The van der Waals surface area contributed by atoms with Gasteiger partial charge in [0.05, 0.1) is 10.9 Å². The van der Waals surface area contributed by atoms with Gasteiger partial charge in [-0.2, -0.15) is 0 Å². The van der Waals surface area contributed by atoms with Gasteiger partial charge < -0.3 is 17.0 Å². The summed E-state index contributed by atoms with van der Waals surface area (Å²) in [4.78, 5) is 2.94. The second-order valence-electron chi connectivity index (χ2n) is 6.96. The highest BCUT2D eigenvalue weighted by Crippen LogP contribution is 2.54. The molecule has 0 saturated heterocycles. The minimum Gasteiger partial charge on any atom is -1.00 e. The SMILES string of the molecule is CC1(C)c2c3ccccc3cc3cccc(c23)[S+]1c1ccccc1.[Br-]. The van der Waals surface area contributed by atoms with Crippen LogP contribution in [0.4, 0.5) is 0 Å². The number of halogens is 1. The van der Waals surface area contributed by atoms with Crippen LogP contribution in [0.5, 0.6) is 0 Å². The Kier molecular flexibility index (Phi) is 3.93. The van der Waals surface area contributed by atoms with Crippen LogP contribution < -0.4 is 17.0 Å². The fourth-order valence-corrected chi connectivity index (χ4v) is 7.12. The molecule has 5 rings (SSSR count). The Morgan fingerprint density at radius 2 is 1.40 bits per heavy atom. The van der Waals surface area contributed by atoms with Gasteiger partial charge in [0, 0.05) is 10.9 Å². The van der Waals surface area contributed by atoms with E-state index in [2.05, 4.69) is 92.7 Å². The van der Waals surface area contributed by atoms with Crippen LogP contribution in [0, 0.1) is 0 Å². The summed E-state index contributed by atoms with van der Waals surface area (Å²) >= 11 is 0. The van der Waals surface area contributed by atoms with E-state index in [9.17, 15) is 0 Å². The van der Waals surface area contributed by atoms with Crippen molar-refractivity contribution in [2.24, 2.45) is 0 Å². The van der Waals surface area contributed by atoms with Crippen molar-refractivity contribution in [3.63, 3.8) is 0 Å². The first-order valence-corrected chi connectivity index (χ1v) is 9.65. The van der Waals surface area contributed by atoms with Crippen LogP contribution in [0.15, 0.2) is 88.7 Å². The lowest BCUT2D eigenvalue weighted by molar-refractivity contribution is -0.00000473. The van der Waals surface area contributed by atoms with Crippen LogP contribution >= 0.6 is 0 Å². The predicted octanol–water partition coefficient (Wildman–Crippen LogP) is 3.28. The van der Waals surface area contributed by atoms with Crippen LogP contribution in [-0.2, 0) is 15.6 Å². The van der Waals surface area contributed by atoms with Crippen LogP contribution in [0.3, 0.4) is 0 Å². The van der Waals surface area contributed by atoms with Gasteiger partial charge in [-0.25, -0.2) is 0 Å². The van der Waals surface area contributed by atoms with Crippen molar-refractivity contribution >= 4 is 32.4 Å². The lowest BCUT2D eigenvalue weighted by Crippen LogP contribution is -3.00. The third-order valence-electron chi connectivity index (χ3n) is 5.16. The summed E-state index contributed by atoms with van der Waals surface area (Å²) in [6.45, 7) is 4.84. The summed E-state index contributed by atoms with van der Waals surface area (Å²) in [5.41, 5.74) is 1.53. The normalized spacial score (nSPS) is 17.6. The summed E-state index contributed by atoms with van der Waals surface area (Å²) in [5, 5.41) is 5.62. The topological polar surface area (TPSA) is 0 Å². The van der Waals surface area contributed by atoms with Gasteiger partial charge >= 0.3 is 0 Å². The molecule has 0 nitrogen and oxygen atoms in total. The monoisotopic (exact) mass is 406 g/mol. The summed E-state index contributed by atoms with van der Waals surface area (Å²) in [5.74, 6) is 0. The summed E-state index contributed by atoms with van der Waals surface area (Å²) < 4.78 is 0.101. The zero-order chi connectivity index (χ0) is 16.3. The van der Waals surface area contributed by atoms with E-state index in [1.165, 1.54) is 36.9 Å². The Balaban J connectivity index is 0.00000157. The largest absolute Gasteiger partial charge is 1.00 e. The molecule has 4 aromatic rings. The zero-order valence-electron chi connectivity index (χ0n) is 14.3. The molecule has 25 heavy (non-hydrogen) atoms. The summed E-state index contributed by atoms with van der Waals surface area (Å²) in [6, 6.07) is 29.0. The molecule has 0 aliphatic carbocycles. The number of hydrogen-bond donors (Lipinski definition) is 0. The molecule has 1 heterocycles. The Bertz CT molecular complexity index is 1080. The lowest BCUT2D eigenvalue weighted by Gasteiger charge is -2.21. The highest BCUT2D eigenvalue weighted by molar-refractivity contribution is 7.98. The van der Waals surface area contributed by atoms with E-state index in [1.54, 1.807) is 0 Å². The molecule has 1 atom stereocenters. The van der Waals surface area contributed by atoms with E-state index < -0.39 is 0 Å². The van der Waals surface area contributed by atoms with Crippen molar-refractivity contribution < 1.29 is 17.0 Å². The first-order valence-electron chi connectivity index (χ1n) is 8.42. The zero-order valence-corrected chi connectivity index (χ0v) is 16.7. The molecule has 0 fully saturated rings. The number of benzene rings is 4. The van der Waals surface area contributed by atoms with Gasteiger partial charge in [0.1, 0.15) is 0 Å². The standard InChI is InChI=1S/C23H19S.BrH/c1-23(2)22-19-13-7-6-9-16(19)15-17-10-8-14-20(21(17)22)24(23)18-11-4-3-5-12-18;/h3-15H,1-2H3;1H/q+1;/p-1. The maximum atomic E-state index is 2.42. The van der Waals surface area contributed by atoms with E-state index in [-0.39, 0.29) is 32.6 Å². The number of rotatable bonds is 1. The van der Waals surface area contributed by atoms with Gasteiger partial charge in [0.2, 0.25) is 0 Å². The predicted molar refractivity (Wildman–Crippen MR) is 105 cm³/mol. The van der Waals surface area contributed by atoms with Gasteiger partial charge in [0.15, 0.2) is 14.5 Å². The Hall–Kier alpha value is -1.77. The molecular formula is C23H19BrS. The quantitative estimate of drug-likeness (QED) is 0.336. The van der Waals surface area contributed by atoms with E-state index in [1.807, 2.05) is 0 Å². The smallest absolute Gasteiger partial charge is 0.169 e. The second-order valence-corrected chi connectivity index (χ2v) is 9.50. The van der Waals surface area contributed by atoms with Crippen molar-refractivity contribution in [2.75, 3.05) is 0 Å². The van der Waals surface area contributed by atoms with Crippen molar-refractivity contribution in [3.05, 3.63) is 84.4 Å². The van der Waals surface area contributed by atoms with Crippen molar-refractivity contribution in [1.29, 1.82) is 0 Å². The molecule has 1 aliphatic heterocycles. The van der Waals surface area contributed by atoms with Gasteiger partial charge in [-0.1, -0.05) is 54.6 Å². The van der Waals surface area contributed by atoms with Gasteiger partial charge in [-0.3, -0.25) is 0 Å². The number of fused-ring (bicyclic) bond motifs is 2. The Morgan fingerprint density at radius 1 is 0.720 bits per heavy atom. The minimum absolute atomic E-state index is 0. The van der Waals surface area contributed by atoms with Crippen molar-refractivity contribution in [3.8, 4) is 0 Å². The average molecular weight is 407 g/mol. The van der Waals surface area contributed by atoms with Crippen LogP contribution in [0.25, 0.3) is 21.5 Å². The fourth-order valence-electron chi connectivity index (χ4n) is 4.24. The van der Waals surface area contributed by atoms with Crippen LogP contribution in [0.1, 0.15) is 19.4 Å². The third-order valence-corrected chi connectivity index (χ3v) is 7.91. The highest BCUT2D eigenvalue weighted by atomic mass is 79.9.